The fourth-order valence-electron chi connectivity index (χ4n) is 1.39. The maximum Gasteiger partial charge on any atom is 0.303 e. The fourth-order valence-corrected chi connectivity index (χ4v) is 1.39. The molecule has 0 aliphatic rings. The quantitative estimate of drug-likeness (QED) is 0.662. The number of hydrogen-bond donors (Lipinski definition) is 1. The van der Waals surface area contributed by atoms with E-state index in [0.717, 1.165) is 12.3 Å². The molecule has 0 radical (unpaired) electrons. The van der Waals surface area contributed by atoms with Gasteiger partial charge in [-0.05, 0) is 18.3 Å². The molecule has 13 heavy (non-hydrogen) atoms. The van der Waals surface area contributed by atoms with Gasteiger partial charge in [-0.2, -0.15) is 0 Å². The topological polar surface area (TPSA) is 37.3 Å². The molecule has 0 saturated carbocycles. The van der Waals surface area contributed by atoms with Gasteiger partial charge in [0.1, 0.15) is 0 Å². The average molecular weight is 186 g/mol. The van der Waals surface area contributed by atoms with Gasteiger partial charge in [0, 0.05) is 6.42 Å². The Morgan fingerprint density at radius 2 is 1.77 bits per heavy atom. The first-order valence-corrected chi connectivity index (χ1v) is 5.24. The standard InChI is InChI=1S/C11H22O2/c1-9(2)5-4-6-10(3)7-8-11(12)13/h9-10H,4-8H2,1-3H3,(H,12,13)/t10-/m1/s1. The maximum atomic E-state index is 10.3. The van der Waals surface area contributed by atoms with Crippen LogP contribution in [0, 0.1) is 11.8 Å². The Bertz CT molecular complexity index is 141. The first kappa shape index (κ1) is 12.5. The Balaban J connectivity index is 3.30. The van der Waals surface area contributed by atoms with Gasteiger partial charge in [0.15, 0.2) is 0 Å². The van der Waals surface area contributed by atoms with Gasteiger partial charge in [0.25, 0.3) is 0 Å². The van der Waals surface area contributed by atoms with Gasteiger partial charge in [0.05, 0.1) is 0 Å². The largest absolute Gasteiger partial charge is 0.481 e. The third kappa shape index (κ3) is 9.38. The summed E-state index contributed by atoms with van der Waals surface area (Å²) in [5.74, 6) is 0.664. The molecule has 0 aliphatic heterocycles. The number of carboxylic acids is 1. The lowest BCUT2D eigenvalue weighted by atomic mass is 9.96. The minimum Gasteiger partial charge on any atom is -0.481 e. The van der Waals surface area contributed by atoms with Crippen molar-refractivity contribution in [1.29, 1.82) is 0 Å². The first-order valence-electron chi connectivity index (χ1n) is 5.24. The molecule has 0 amide bonds. The van der Waals surface area contributed by atoms with Gasteiger partial charge in [-0.25, -0.2) is 0 Å². The van der Waals surface area contributed by atoms with E-state index in [4.69, 9.17) is 5.11 Å². The summed E-state index contributed by atoms with van der Waals surface area (Å²) in [6, 6.07) is 0. The molecule has 2 heteroatoms. The second-order valence-corrected chi connectivity index (χ2v) is 4.36. The van der Waals surface area contributed by atoms with E-state index in [2.05, 4.69) is 20.8 Å². The van der Waals surface area contributed by atoms with Crippen LogP contribution in [-0.4, -0.2) is 11.1 Å². The highest BCUT2D eigenvalue weighted by atomic mass is 16.4. The number of hydrogen-bond acceptors (Lipinski definition) is 1. The third-order valence-electron chi connectivity index (χ3n) is 2.33. The Morgan fingerprint density at radius 1 is 1.15 bits per heavy atom. The van der Waals surface area contributed by atoms with Gasteiger partial charge in [0.2, 0.25) is 0 Å². The molecule has 0 aromatic carbocycles. The van der Waals surface area contributed by atoms with Crippen molar-refractivity contribution in [3.63, 3.8) is 0 Å². The van der Waals surface area contributed by atoms with E-state index >= 15 is 0 Å². The number of carboxylic acid groups (broad SMARTS) is 1. The highest BCUT2D eigenvalue weighted by molar-refractivity contribution is 5.66. The summed E-state index contributed by atoms with van der Waals surface area (Å²) in [5, 5.41) is 8.48. The van der Waals surface area contributed by atoms with Crippen molar-refractivity contribution >= 4 is 5.97 Å². The monoisotopic (exact) mass is 186 g/mol. The zero-order chi connectivity index (χ0) is 10.3. The van der Waals surface area contributed by atoms with E-state index in [0.29, 0.717) is 12.3 Å². The zero-order valence-electron chi connectivity index (χ0n) is 9.05. The van der Waals surface area contributed by atoms with Crippen LogP contribution in [0.5, 0.6) is 0 Å². The average Bonchev–Trinajstić information content (AvgIpc) is 2.00. The molecule has 1 atom stereocenters. The van der Waals surface area contributed by atoms with Crippen molar-refractivity contribution in [2.45, 2.75) is 52.9 Å². The van der Waals surface area contributed by atoms with Crippen LogP contribution in [0.2, 0.25) is 0 Å². The second kappa shape index (κ2) is 6.93. The van der Waals surface area contributed by atoms with Crippen molar-refractivity contribution in [2.75, 3.05) is 0 Å². The Labute approximate surface area is 81.3 Å². The minimum atomic E-state index is -0.671. The van der Waals surface area contributed by atoms with Crippen molar-refractivity contribution in [3.05, 3.63) is 0 Å². The molecule has 0 fully saturated rings. The SMILES string of the molecule is CC(C)CCC[C@@H](C)CCC(=O)O. The number of aliphatic carboxylic acids is 1. The van der Waals surface area contributed by atoms with Gasteiger partial charge < -0.3 is 5.11 Å². The zero-order valence-corrected chi connectivity index (χ0v) is 9.05. The molecule has 0 unspecified atom stereocenters. The van der Waals surface area contributed by atoms with Crippen LogP contribution in [0.3, 0.4) is 0 Å². The predicted octanol–water partition coefficient (Wildman–Crippen LogP) is 3.31. The lowest BCUT2D eigenvalue weighted by Crippen LogP contribution is -2.01. The molecule has 0 saturated heterocycles. The van der Waals surface area contributed by atoms with Crippen molar-refractivity contribution in [3.8, 4) is 0 Å². The van der Waals surface area contributed by atoms with Gasteiger partial charge in [-0.15, -0.1) is 0 Å². The van der Waals surface area contributed by atoms with Crippen LogP contribution in [0.15, 0.2) is 0 Å². The van der Waals surface area contributed by atoms with Crippen LogP contribution in [0.1, 0.15) is 52.9 Å². The van der Waals surface area contributed by atoms with Crippen molar-refractivity contribution in [1.82, 2.24) is 0 Å². The predicted molar refractivity (Wildman–Crippen MR) is 54.7 cm³/mol. The van der Waals surface area contributed by atoms with E-state index in [9.17, 15) is 4.79 Å². The van der Waals surface area contributed by atoms with Crippen LogP contribution in [0.4, 0.5) is 0 Å². The Hall–Kier alpha value is -0.530. The van der Waals surface area contributed by atoms with Crippen LogP contribution >= 0.6 is 0 Å². The smallest absolute Gasteiger partial charge is 0.303 e. The highest BCUT2D eigenvalue weighted by Gasteiger charge is 2.05. The summed E-state index contributed by atoms with van der Waals surface area (Å²) in [7, 11) is 0. The molecule has 1 N–H and O–H groups in total. The molecule has 0 aliphatic carbocycles. The second-order valence-electron chi connectivity index (χ2n) is 4.36. The molecule has 0 aromatic rings. The Morgan fingerprint density at radius 3 is 2.23 bits per heavy atom. The first-order chi connectivity index (χ1) is 6.02. The Kier molecular flexibility index (Phi) is 6.65. The number of carbonyl (C=O) groups is 1. The van der Waals surface area contributed by atoms with E-state index in [-0.39, 0.29) is 0 Å². The van der Waals surface area contributed by atoms with Gasteiger partial charge in [-0.1, -0.05) is 40.0 Å². The molecule has 0 heterocycles. The fraction of sp³-hybridized carbons (Fsp3) is 0.909. The maximum absolute atomic E-state index is 10.3. The summed E-state index contributed by atoms with van der Waals surface area (Å²) in [5.41, 5.74) is 0. The summed E-state index contributed by atoms with van der Waals surface area (Å²) in [4.78, 5) is 10.3. The lowest BCUT2D eigenvalue weighted by Gasteiger charge is -2.10. The van der Waals surface area contributed by atoms with Crippen molar-refractivity contribution in [2.24, 2.45) is 11.8 Å². The third-order valence-corrected chi connectivity index (χ3v) is 2.33. The van der Waals surface area contributed by atoms with Crippen LogP contribution < -0.4 is 0 Å². The molecule has 0 aromatic heterocycles. The molecule has 0 spiro atoms. The summed E-state index contributed by atoms with van der Waals surface area (Å²) in [6.07, 6.45) is 4.82. The van der Waals surface area contributed by atoms with Gasteiger partial charge >= 0.3 is 5.97 Å². The summed E-state index contributed by atoms with van der Waals surface area (Å²) in [6.45, 7) is 6.59. The molecular weight excluding hydrogens is 164 g/mol. The number of rotatable bonds is 7. The van der Waals surface area contributed by atoms with Crippen LogP contribution in [0.25, 0.3) is 0 Å². The normalized spacial score (nSPS) is 13.2. The molecule has 0 bridgehead atoms. The van der Waals surface area contributed by atoms with E-state index in [1.54, 1.807) is 0 Å². The summed E-state index contributed by atoms with van der Waals surface area (Å²) >= 11 is 0. The van der Waals surface area contributed by atoms with E-state index in [1.807, 2.05) is 0 Å². The lowest BCUT2D eigenvalue weighted by molar-refractivity contribution is -0.137. The minimum absolute atomic E-state index is 0.322. The summed E-state index contributed by atoms with van der Waals surface area (Å²) < 4.78 is 0. The van der Waals surface area contributed by atoms with Crippen LogP contribution in [-0.2, 0) is 4.79 Å². The molecule has 0 rings (SSSR count). The van der Waals surface area contributed by atoms with Crippen molar-refractivity contribution < 1.29 is 9.90 Å². The molecule has 2 nitrogen and oxygen atoms in total. The highest BCUT2D eigenvalue weighted by Crippen LogP contribution is 2.16. The van der Waals surface area contributed by atoms with E-state index < -0.39 is 5.97 Å². The molecular formula is C11H22O2. The van der Waals surface area contributed by atoms with E-state index in [1.165, 1.54) is 19.3 Å². The van der Waals surface area contributed by atoms with Gasteiger partial charge in [-0.3, -0.25) is 4.79 Å². The molecule has 78 valence electrons.